The molecule has 0 unspecified atom stereocenters. The van der Waals surface area contributed by atoms with E-state index in [0.29, 0.717) is 25.4 Å². The fourth-order valence-electron chi connectivity index (χ4n) is 3.92. The van der Waals surface area contributed by atoms with Crippen molar-refractivity contribution in [2.24, 2.45) is 0 Å². The van der Waals surface area contributed by atoms with Crippen LogP contribution in [0, 0.1) is 0 Å². The van der Waals surface area contributed by atoms with Gasteiger partial charge in [0.2, 0.25) is 17.7 Å². The molecule has 148 valence electrons. The van der Waals surface area contributed by atoms with E-state index in [4.69, 9.17) is 4.52 Å². The summed E-state index contributed by atoms with van der Waals surface area (Å²) in [7, 11) is 0. The van der Waals surface area contributed by atoms with Gasteiger partial charge in [-0.15, -0.1) is 0 Å². The molecular weight excluding hydrogens is 356 g/mol. The molecule has 1 aromatic carbocycles. The zero-order chi connectivity index (χ0) is 19.5. The lowest BCUT2D eigenvalue weighted by molar-refractivity contribution is -0.136. The van der Waals surface area contributed by atoms with Crippen LogP contribution >= 0.6 is 0 Å². The number of hydrogen-bond donors (Lipinski definition) is 0. The van der Waals surface area contributed by atoms with Crippen LogP contribution < -0.4 is 0 Å². The highest BCUT2D eigenvalue weighted by Crippen LogP contribution is 2.30. The molecule has 0 atom stereocenters. The summed E-state index contributed by atoms with van der Waals surface area (Å²) in [4.78, 5) is 32.1. The molecule has 2 aliphatic heterocycles. The van der Waals surface area contributed by atoms with Crippen molar-refractivity contribution in [2.45, 2.75) is 44.4 Å². The second-order valence-electron chi connectivity index (χ2n) is 7.75. The summed E-state index contributed by atoms with van der Waals surface area (Å²) in [5.41, 5.74) is 1.19. The topological polar surface area (TPSA) is 79.5 Å². The minimum absolute atomic E-state index is 0.124. The van der Waals surface area contributed by atoms with E-state index in [0.717, 1.165) is 38.2 Å². The van der Waals surface area contributed by atoms with Crippen LogP contribution in [0.1, 0.15) is 55.3 Å². The van der Waals surface area contributed by atoms with Gasteiger partial charge in [-0.2, -0.15) is 4.98 Å². The quantitative estimate of drug-likeness (QED) is 0.793. The molecule has 3 heterocycles. The van der Waals surface area contributed by atoms with Gasteiger partial charge in [0.1, 0.15) is 0 Å². The Hall–Kier alpha value is -2.70. The van der Waals surface area contributed by atoms with Crippen molar-refractivity contribution in [3.63, 3.8) is 0 Å². The highest BCUT2D eigenvalue weighted by atomic mass is 16.5. The number of likely N-dealkylation sites (tertiary alicyclic amines) is 2. The molecule has 0 bridgehead atoms. The summed E-state index contributed by atoms with van der Waals surface area (Å²) in [6, 6.07) is 10.1. The average Bonchev–Trinajstić information content (AvgIpc) is 3.16. The van der Waals surface area contributed by atoms with E-state index < -0.39 is 0 Å². The lowest BCUT2D eigenvalue weighted by Crippen LogP contribution is -2.48. The van der Waals surface area contributed by atoms with Gasteiger partial charge in [0, 0.05) is 45.4 Å². The fraction of sp³-hybridized carbons (Fsp3) is 0.524. The standard InChI is InChI=1S/C21H26N4O3/c1-15(26)24-11-9-17(10-12-24)20-22-21(28-23-20)18-13-25(14-18)19(27)8-7-16-5-3-2-4-6-16/h2-6,17-18H,7-14H2,1H3. The molecule has 2 amide bonds. The van der Waals surface area contributed by atoms with Crippen LogP contribution in [0.25, 0.3) is 0 Å². The minimum atomic E-state index is 0.124. The van der Waals surface area contributed by atoms with Crippen LogP contribution in [0.2, 0.25) is 0 Å². The van der Waals surface area contributed by atoms with Gasteiger partial charge in [-0.05, 0) is 24.8 Å². The van der Waals surface area contributed by atoms with E-state index in [9.17, 15) is 9.59 Å². The molecule has 0 aliphatic carbocycles. The second kappa shape index (κ2) is 8.12. The number of piperidine rings is 1. The Bertz CT molecular complexity index is 821. The summed E-state index contributed by atoms with van der Waals surface area (Å²) in [5.74, 6) is 2.06. The predicted molar refractivity (Wildman–Crippen MR) is 103 cm³/mol. The minimum Gasteiger partial charge on any atom is -0.343 e. The zero-order valence-corrected chi connectivity index (χ0v) is 16.2. The van der Waals surface area contributed by atoms with E-state index in [2.05, 4.69) is 10.1 Å². The predicted octanol–water partition coefficient (Wildman–Crippen LogP) is 2.35. The van der Waals surface area contributed by atoms with Crippen molar-refractivity contribution < 1.29 is 14.1 Å². The molecule has 28 heavy (non-hydrogen) atoms. The lowest BCUT2D eigenvalue weighted by Gasteiger charge is -2.37. The van der Waals surface area contributed by atoms with Gasteiger partial charge in [0.05, 0.1) is 5.92 Å². The number of benzene rings is 1. The highest BCUT2D eigenvalue weighted by molar-refractivity contribution is 5.77. The third kappa shape index (κ3) is 4.08. The molecular formula is C21H26N4O3. The number of hydrogen-bond acceptors (Lipinski definition) is 5. The normalized spacial score (nSPS) is 18.2. The molecule has 2 saturated heterocycles. The van der Waals surface area contributed by atoms with Crippen LogP contribution in [0.4, 0.5) is 0 Å². The second-order valence-corrected chi connectivity index (χ2v) is 7.75. The number of amides is 2. The molecule has 0 N–H and O–H groups in total. The van der Waals surface area contributed by atoms with Crippen LogP contribution in [0.3, 0.4) is 0 Å². The average molecular weight is 382 g/mol. The molecule has 4 rings (SSSR count). The maximum absolute atomic E-state index is 12.3. The first kappa shape index (κ1) is 18.7. The van der Waals surface area contributed by atoms with Crippen LogP contribution in [0.15, 0.2) is 34.9 Å². The van der Waals surface area contributed by atoms with Gasteiger partial charge in [0.25, 0.3) is 0 Å². The number of aryl methyl sites for hydroxylation is 1. The maximum atomic E-state index is 12.3. The van der Waals surface area contributed by atoms with Gasteiger partial charge in [-0.3, -0.25) is 9.59 Å². The van der Waals surface area contributed by atoms with Crippen molar-refractivity contribution in [1.82, 2.24) is 19.9 Å². The van der Waals surface area contributed by atoms with Gasteiger partial charge in [-0.1, -0.05) is 35.5 Å². The first-order valence-electron chi connectivity index (χ1n) is 10.0. The Morgan fingerprint density at radius 2 is 1.79 bits per heavy atom. The van der Waals surface area contributed by atoms with Gasteiger partial charge < -0.3 is 14.3 Å². The van der Waals surface area contributed by atoms with Crippen LogP contribution in [-0.4, -0.2) is 57.9 Å². The summed E-state index contributed by atoms with van der Waals surface area (Å²) < 4.78 is 5.47. The molecule has 7 nitrogen and oxygen atoms in total. The van der Waals surface area contributed by atoms with Crippen molar-refractivity contribution in [3.8, 4) is 0 Å². The first-order valence-corrected chi connectivity index (χ1v) is 10.0. The fourth-order valence-corrected chi connectivity index (χ4v) is 3.92. The van der Waals surface area contributed by atoms with Crippen molar-refractivity contribution >= 4 is 11.8 Å². The van der Waals surface area contributed by atoms with Crippen LogP contribution in [-0.2, 0) is 16.0 Å². The third-order valence-electron chi connectivity index (χ3n) is 5.82. The summed E-state index contributed by atoms with van der Waals surface area (Å²) >= 11 is 0. The van der Waals surface area contributed by atoms with E-state index in [-0.39, 0.29) is 23.7 Å². The van der Waals surface area contributed by atoms with Gasteiger partial charge >= 0.3 is 0 Å². The largest absolute Gasteiger partial charge is 0.343 e. The first-order chi connectivity index (χ1) is 13.6. The van der Waals surface area contributed by atoms with Crippen molar-refractivity contribution in [2.75, 3.05) is 26.2 Å². The number of carbonyl (C=O) groups is 2. The molecule has 7 heteroatoms. The van der Waals surface area contributed by atoms with Gasteiger partial charge in [0.15, 0.2) is 5.82 Å². The van der Waals surface area contributed by atoms with E-state index in [1.165, 1.54) is 5.56 Å². The SMILES string of the molecule is CC(=O)N1CCC(c2noc(C3CN(C(=O)CCc4ccccc4)C3)n2)CC1. The Morgan fingerprint density at radius 3 is 2.46 bits per heavy atom. The molecule has 2 fully saturated rings. The van der Waals surface area contributed by atoms with Crippen molar-refractivity contribution in [3.05, 3.63) is 47.6 Å². The van der Waals surface area contributed by atoms with Crippen molar-refractivity contribution in [1.29, 1.82) is 0 Å². The van der Waals surface area contributed by atoms with E-state index in [1.54, 1.807) is 6.92 Å². The number of rotatable bonds is 5. The van der Waals surface area contributed by atoms with E-state index >= 15 is 0 Å². The van der Waals surface area contributed by atoms with E-state index in [1.807, 2.05) is 40.1 Å². The molecule has 2 aromatic rings. The Morgan fingerprint density at radius 1 is 1.07 bits per heavy atom. The number of aromatic nitrogens is 2. The number of nitrogens with zero attached hydrogens (tertiary/aromatic N) is 4. The molecule has 0 spiro atoms. The highest BCUT2D eigenvalue weighted by Gasteiger charge is 2.36. The Balaban J connectivity index is 1.24. The summed E-state index contributed by atoms with van der Waals surface area (Å²) in [6.07, 6.45) is 3.03. The maximum Gasteiger partial charge on any atom is 0.233 e. The van der Waals surface area contributed by atoms with Crippen LogP contribution in [0.5, 0.6) is 0 Å². The third-order valence-corrected chi connectivity index (χ3v) is 5.82. The Kier molecular flexibility index (Phi) is 5.41. The number of carbonyl (C=O) groups excluding carboxylic acids is 2. The molecule has 2 aliphatic rings. The lowest BCUT2D eigenvalue weighted by atomic mass is 9.95. The monoisotopic (exact) mass is 382 g/mol. The molecule has 0 radical (unpaired) electrons. The zero-order valence-electron chi connectivity index (χ0n) is 16.2. The van der Waals surface area contributed by atoms with Gasteiger partial charge in [-0.25, -0.2) is 0 Å². The Labute approximate surface area is 164 Å². The molecule has 0 saturated carbocycles. The summed E-state index contributed by atoms with van der Waals surface area (Å²) in [5, 5.41) is 4.17. The summed E-state index contributed by atoms with van der Waals surface area (Å²) in [6.45, 7) is 4.40. The molecule has 1 aromatic heterocycles. The smallest absolute Gasteiger partial charge is 0.233 e.